The highest BCUT2D eigenvalue weighted by molar-refractivity contribution is 6.39. The standard InChI is InChI=1S/C20H18FN3O2/c1-20(2)12-24(17(20)14-6-4-3-5-7-14)19(26)18(25)23-16-9-8-13(11-22)10-15(16)21/h3-10,17H,12H2,1-2H3,(H,23,25). The molecule has 1 saturated heterocycles. The molecule has 3 rings (SSSR count). The number of rotatable bonds is 2. The summed E-state index contributed by atoms with van der Waals surface area (Å²) in [6.45, 7) is 4.51. The van der Waals surface area contributed by atoms with Crippen LogP contribution in [0.4, 0.5) is 10.1 Å². The van der Waals surface area contributed by atoms with E-state index in [2.05, 4.69) is 5.32 Å². The highest BCUT2D eigenvalue weighted by atomic mass is 19.1. The Kier molecular flexibility index (Phi) is 4.47. The van der Waals surface area contributed by atoms with Crippen molar-refractivity contribution in [3.05, 3.63) is 65.5 Å². The van der Waals surface area contributed by atoms with Crippen LogP contribution in [0.3, 0.4) is 0 Å². The third-order valence-electron chi connectivity index (χ3n) is 4.55. The van der Waals surface area contributed by atoms with Gasteiger partial charge in [0.15, 0.2) is 0 Å². The van der Waals surface area contributed by atoms with Crippen molar-refractivity contribution in [2.24, 2.45) is 5.41 Å². The van der Waals surface area contributed by atoms with Gasteiger partial charge in [-0.15, -0.1) is 0 Å². The first-order valence-corrected chi connectivity index (χ1v) is 8.20. The number of carbonyl (C=O) groups excluding carboxylic acids is 2. The highest BCUT2D eigenvalue weighted by Gasteiger charge is 2.50. The molecule has 1 atom stereocenters. The molecule has 1 aliphatic heterocycles. The van der Waals surface area contributed by atoms with Crippen molar-refractivity contribution >= 4 is 17.5 Å². The lowest BCUT2D eigenvalue weighted by Gasteiger charge is -2.54. The summed E-state index contributed by atoms with van der Waals surface area (Å²) in [4.78, 5) is 26.4. The van der Waals surface area contributed by atoms with Crippen molar-refractivity contribution in [2.45, 2.75) is 19.9 Å². The lowest BCUT2D eigenvalue weighted by molar-refractivity contribution is -0.158. The van der Waals surface area contributed by atoms with Crippen molar-refractivity contribution in [3.8, 4) is 6.07 Å². The summed E-state index contributed by atoms with van der Waals surface area (Å²) in [5.41, 5.74) is 0.810. The van der Waals surface area contributed by atoms with Crippen LogP contribution >= 0.6 is 0 Å². The first-order valence-electron chi connectivity index (χ1n) is 8.20. The first-order chi connectivity index (χ1) is 12.3. The van der Waals surface area contributed by atoms with Gasteiger partial charge >= 0.3 is 11.8 Å². The molecule has 0 bridgehead atoms. The Labute approximate surface area is 151 Å². The average Bonchev–Trinajstić information content (AvgIpc) is 2.61. The molecule has 2 amide bonds. The van der Waals surface area contributed by atoms with Gasteiger partial charge in [-0.25, -0.2) is 4.39 Å². The van der Waals surface area contributed by atoms with E-state index < -0.39 is 17.6 Å². The molecule has 0 spiro atoms. The molecule has 6 heteroatoms. The van der Waals surface area contributed by atoms with Gasteiger partial charge < -0.3 is 10.2 Å². The summed E-state index contributed by atoms with van der Waals surface area (Å²) in [6.07, 6.45) is 0. The Bertz CT molecular complexity index is 903. The topological polar surface area (TPSA) is 73.2 Å². The molecule has 1 unspecified atom stereocenters. The van der Waals surface area contributed by atoms with Crippen LogP contribution in [0.5, 0.6) is 0 Å². The molecule has 0 aliphatic carbocycles. The summed E-state index contributed by atoms with van der Waals surface area (Å²) in [6, 6.07) is 14.8. The second-order valence-electron chi connectivity index (χ2n) is 7.00. The lowest BCUT2D eigenvalue weighted by Crippen LogP contribution is -2.60. The number of benzene rings is 2. The molecular weight excluding hydrogens is 333 g/mol. The fraction of sp³-hybridized carbons (Fsp3) is 0.250. The molecule has 2 aromatic rings. The Balaban J connectivity index is 1.77. The number of anilines is 1. The predicted molar refractivity (Wildman–Crippen MR) is 94.4 cm³/mol. The van der Waals surface area contributed by atoms with Gasteiger partial charge in [-0.2, -0.15) is 5.26 Å². The van der Waals surface area contributed by atoms with E-state index in [-0.39, 0.29) is 22.7 Å². The number of halogens is 1. The van der Waals surface area contributed by atoms with Crippen molar-refractivity contribution in [2.75, 3.05) is 11.9 Å². The fourth-order valence-electron chi connectivity index (χ4n) is 3.37. The van der Waals surface area contributed by atoms with E-state index in [1.165, 1.54) is 17.0 Å². The van der Waals surface area contributed by atoms with Crippen LogP contribution < -0.4 is 5.32 Å². The third kappa shape index (κ3) is 3.16. The minimum absolute atomic E-state index is 0.126. The molecule has 0 saturated carbocycles. The SMILES string of the molecule is CC1(C)CN(C(=O)C(=O)Nc2ccc(C#N)cc2F)C1c1ccccc1. The Morgan fingerprint density at radius 2 is 1.92 bits per heavy atom. The molecule has 0 radical (unpaired) electrons. The number of nitriles is 1. The van der Waals surface area contributed by atoms with Crippen LogP contribution in [0.25, 0.3) is 0 Å². The number of hydrogen-bond acceptors (Lipinski definition) is 3. The van der Waals surface area contributed by atoms with E-state index in [9.17, 15) is 14.0 Å². The Morgan fingerprint density at radius 1 is 1.23 bits per heavy atom. The molecule has 1 N–H and O–H groups in total. The van der Waals surface area contributed by atoms with Gasteiger partial charge in [0.1, 0.15) is 5.82 Å². The van der Waals surface area contributed by atoms with Gasteiger partial charge in [0, 0.05) is 12.0 Å². The van der Waals surface area contributed by atoms with Crippen LogP contribution in [-0.2, 0) is 9.59 Å². The largest absolute Gasteiger partial charge is 0.326 e. The van der Waals surface area contributed by atoms with Crippen LogP contribution in [0, 0.1) is 22.6 Å². The van der Waals surface area contributed by atoms with E-state index in [1.54, 1.807) is 0 Å². The number of likely N-dealkylation sites (tertiary alicyclic amines) is 1. The molecule has 0 aromatic heterocycles. The van der Waals surface area contributed by atoms with Crippen LogP contribution in [0.2, 0.25) is 0 Å². The van der Waals surface area contributed by atoms with E-state index in [0.717, 1.165) is 11.6 Å². The van der Waals surface area contributed by atoms with Crippen molar-refractivity contribution in [1.82, 2.24) is 4.90 Å². The van der Waals surface area contributed by atoms with Crippen LogP contribution in [-0.4, -0.2) is 23.3 Å². The van der Waals surface area contributed by atoms with Crippen molar-refractivity contribution < 1.29 is 14.0 Å². The van der Waals surface area contributed by atoms with Crippen LogP contribution in [0.1, 0.15) is 31.0 Å². The van der Waals surface area contributed by atoms with Gasteiger partial charge in [0.05, 0.1) is 23.4 Å². The lowest BCUT2D eigenvalue weighted by atomic mass is 9.71. The van der Waals surface area contributed by atoms with E-state index >= 15 is 0 Å². The fourth-order valence-corrected chi connectivity index (χ4v) is 3.37. The maximum absolute atomic E-state index is 13.9. The van der Waals surface area contributed by atoms with Gasteiger partial charge in [0.25, 0.3) is 0 Å². The van der Waals surface area contributed by atoms with E-state index in [4.69, 9.17) is 5.26 Å². The monoisotopic (exact) mass is 351 g/mol. The first kappa shape index (κ1) is 17.6. The second-order valence-corrected chi connectivity index (χ2v) is 7.00. The van der Waals surface area contributed by atoms with Gasteiger partial charge in [-0.3, -0.25) is 9.59 Å². The average molecular weight is 351 g/mol. The summed E-state index contributed by atoms with van der Waals surface area (Å²) < 4.78 is 13.9. The van der Waals surface area contributed by atoms with E-state index in [1.807, 2.05) is 50.2 Å². The van der Waals surface area contributed by atoms with Crippen molar-refractivity contribution in [1.29, 1.82) is 5.26 Å². The van der Waals surface area contributed by atoms with Crippen molar-refractivity contribution in [3.63, 3.8) is 0 Å². The molecule has 5 nitrogen and oxygen atoms in total. The molecule has 1 aliphatic rings. The summed E-state index contributed by atoms with van der Waals surface area (Å²) in [7, 11) is 0. The summed E-state index contributed by atoms with van der Waals surface area (Å²) in [5, 5.41) is 11.1. The number of amides is 2. The minimum Gasteiger partial charge on any atom is -0.326 e. The number of nitrogens with zero attached hydrogens (tertiary/aromatic N) is 2. The molecule has 1 fully saturated rings. The van der Waals surface area contributed by atoms with Gasteiger partial charge in [-0.1, -0.05) is 44.2 Å². The summed E-state index contributed by atoms with van der Waals surface area (Å²) >= 11 is 0. The Hall–Kier alpha value is -3.20. The van der Waals surface area contributed by atoms with Crippen LogP contribution in [0.15, 0.2) is 48.5 Å². The third-order valence-corrected chi connectivity index (χ3v) is 4.55. The van der Waals surface area contributed by atoms with Gasteiger partial charge in [-0.05, 0) is 23.8 Å². The summed E-state index contributed by atoms with van der Waals surface area (Å²) in [5.74, 6) is -2.36. The smallest absolute Gasteiger partial charge is 0.314 e. The molecule has 2 aromatic carbocycles. The zero-order valence-corrected chi connectivity index (χ0v) is 14.5. The number of nitrogens with one attached hydrogen (secondary N) is 1. The zero-order valence-electron chi connectivity index (χ0n) is 14.5. The van der Waals surface area contributed by atoms with Gasteiger partial charge in [0.2, 0.25) is 0 Å². The quantitative estimate of drug-likeness (QED) is 0.844. The Morgan fingerprint density at radius 3 is 2.50 bits per heavy atom. The molecular formula is C20H18FN3O2. The normalized spacial score (nSPS) is 17.8. The second kappa shape index (κ2) is 6.60. The zero-order chi connectivity index (χ0) is 18.9. The minimum atomic E-state index is -0.898. The molecule has 1 heterocycles. The maximum atomic E-state index is 13.9. The van der Waals surface area contributed by atoms with E-state index in [0.29, 0.717) is 6.54 Å². The predicted octanol–water partition coefficient (Wildman–Crippen LogP) is 3.25. The number of hydrogen-bond donors (Lipinski definition) is 1. The molecule has 26 heavy (non-hydrogen) atoms. The number of carbonyl (C=O) groups is 2. The maximum Gasteiger partial charge on any atom is 0.314 e. The molecule has 132 valence electrons. The highest BCUT2D eigenvalue weighted by Crippen LogP contribution is 2.48.